The van der Waals surface area contributed by atoms with Gasteiger partial charge in [-0.15, -0.1) is 0 Å². The van der Waals surface area contributed by atoms with E-state index in [1.807, 2.05) is 6.92 Å². The Bertz CT molecular complexity index is 805. The first kappa shape index (κ1) is 19.1. The lowest BCUT2D eigenvalue weighted by atomic mass is 10.3. The molecule has 26 heavy (non-hydrogen) atoms. The first-order chi connectivity index (χ1) is 12.3. The predicted molar refractivity (Wildman–Crippen MR) is 95.0 cm³/mol. The predicted octanol–water partition coefficient (Wildman–Crippen LogP) is 1.37. The Hall–Kier alpha value is -1.64. The number of piperazine rings is 1. The highest BCUT2D eigenvalue weighted by Gasteiger charge is 2.41. The largest absolute Gasteiger partial charge is 0.455 e. The number of hydrogen-bond acceptors (Lipinski definition) is 5. The van der Waals surface area contributed by atoms with Gasteiger partial charge in [0.1, 0.15) is 4.90 Å². The molecule has 0 unspecified atom stereocenters. The normalized spacial score (nSPS) is 23.5. The minimum absolute atomic E-state index is 0.0638. The Morgan fingerprint density at radius 2 is 1.81 bits per heavy atom. The number of carbonyl (C=O) groups excluding carboxylic acids is 2. The monoisotopic (exact) mass is 400 g/mol. The highest BCUT2D eigenvalue weighted by Crippen LogP contribution is 2.38. The molecule has 1 aliphatic carbocycles. The lowest BCUT2D eigenvalue weighted by Crippen LogP contribution is -2.51. The van der Waals surface area contributed by atoms with Crippen LogP contribution >= 0.6 is 11.6 Å². The summed E-state index contributed by atoms with van der Waals surface area (Å²) in [6.07, 6.45) is 0.811. The number of nitrogens with zero attached hydrogens (tertiary/aromatic N) is 2. The second kappa shape index (κ2) is 7.54. The van der Waals surface area contributed by atoms with Crippen molar-refractivity contribution < 1.29 is 22.7 Å². The standard InChI is InChI=1S/C17H21ClN2O5S/c1-12-10-13(12)17(22)25-11-16(21)19-6-8-20(9-7-19)26(23,24)15-5-3-2-4-14(15)18/h2-5,12-13H,6-11H2,1H3/t12-,13-/m1/s1. The molecule has 0 aromatic heterocycles. The second-order valence-electron chi connectivity index (χ2n) is 6.64. The molecule has 2 atom stereocenters. The lowest BCUT2D eigenvalue weighted by Gasteiger charge is -2.34. The van der Waals surface area contributed by atoms with Crippen molar-refractivity contribution in [2.45, 2.75) is 18.2 Å². The van der Waals surface area contributed by atoms with E-state index < -0.39 is 10.0 Å². The number of halogens is 1. The van der Waals surface area contributed by atoms with Crippen LogP contribution in [-0.2, 0) is 24.3 Å². The maximum atomic E-state index is 12.7. The van der Waals surface area contributed by atoms with Gasteiger partial charge in [0.2, 0.25) is 10.0 Å². The minimum Gasteiger partial charge on any atom is -0.455 e. The van der Waals surface area contributed by atoms with Crippen LogP contribution in [0.5, 0.6) is 0 Å². The summed E-state index contributed by atoms with van der Waals surface area (Å²) in [5.41, 5.74) is 0. The van der Waals surface area contributed by atoms with Crippen LogP contribution in [0.15, 0.2) is 29.2 Å². The van der Waals surface area contributed by atoms with Gasteiger partial charge in [0.15, 0.2) is 6.61 Å². The number of esters is 1. The summed E-state index contributed by atoms with van der Waals surface area (Å²) in [5.74, 6) is -0.385. The number of amides is 1. The Balaban J connectivity index is 1.53. The molecule has 142 valence electrons. The number of ether oxygens (including phenoxy) is 1. The van der Waals surface area contributed by atoms with Crippen molar-refractivity contribution in [3.05, 3.63) is 29.3 Å². The number of sulfonamides is 1. The van der Waals surface area contributed by atoms with Gasteiger partial charge in [-0.1, -0.05) is 30.7 Å². The van der Waals surface area contributed by atoms with Crippen molar-refractivity contribution in [2.75, 3.05) is 32.8 Å². The summed E-state index contributed by atoms with van der Waals surface area (Å²) in [6.45, 7) is 2.52. The van der Waals surface area contributed by atoms with Gasteiger partial charge in [-0.25, -0.2) is 8.42 Å². The highest BCUT2D eigenvalue weighted by atomic mass is 35.5. The van der Waals surface area contributed by atoms with Gasteiger partial charge in [0, 0.05) is 26.2 Å². The van der Waals surface area contributed by atoms with Crippen LogP contribution in [0, 0.1) is 11.8 Å². The third kappa shape index (κ3) is 4.02. The molecule has 0 N–H and O–H groups in total. The summed E-state index contributed by atoms with van der Waals surface area (Å²) < 4.78 is 31.7. The molecule has 1 aromatic carbocycles. The van der Waals surface area contributed by atoms with Gasteiger partial charge in [-0.2, -0.15) is 4.31 Å². The van der Waals surface area contributed by atoms with E-state index in [1.165, 1.54) is 21.3 Å². The van der Waals surface area contributed by atoms with Crippen molar-refractivity contribution in [1.29, 1.82) is 0 Å². The van der Waals surface area contributed by atoms with Crippen molar-refractivity contribution in [3.63, 3.8) is 0 Å². The third-order valence-corrected chi connectivity index (χ3v) is 7.19. The van der Waals surface area contributed by atoms with E-state index in [-0.39, 0.29) is 60.5 Å². The van der Waals surface area contributed by atoms with Gasteiger partial charge >= 0.3 is 5.97 Å². The van der Waals surface area contributed by atoms with Gasteiger partial charge in [-0.3, -0.25) is 9.59 Å². The molecular weight excluding hydrogens is 380 g/mol. The summed E-state index contributed by atoms with van der Waals surface area (Å²) in [7, 11) is -3.70. The molecule has 1 aromatic rings. The van der Waals surface area contributed by atoms with E-state index in [0.29, 0.717) is 5.92 Å². The van der Waals surface area contributed by atoms with Gasteiger partial charge in [-0.05, 0) is 24.5 Å². The molecule has 2 fully saturated rings. The van der Waals surface area contributed by atoms with Crippen LogP contribution in [-0.4, -0.2) is 62.3 Å². The Morgan fingerprint density at radius 3 is 2.38 bits per heavy atom. The maximum absolute atomic E-state index is 12.7. The fourth-order valence-corrected chi connectivity index (χ4v) is 4.87. The number of rotatable bonds is 5. The molecule has 2 aliphatic rings. The molecule has 3 rings (SSSR count). The highest BCUT2D eigenvalue weighted by molar-refractivity contribution is 7.89. The van der Waals surface area contributed by atoms with Gasteiger partial charge in [0.25, 0.3) is 5.91 Å². The SMILES string of the molecule is C[C@@H]1C[C@H]1C(=O)OCC(=O)N1CCN(S(=O)(=O)c2ccccc2Cl)CC1. The Labute approximate surface area is 157 Å². The Kier molecular flexibility index (Phi) is 5.55. The molecular formula is C17H21ClN2O5S. The molecule has 0 bridgehead atoms. The zero-order valence-corrected chi connectivity index (χ0v) is 16.0. The van der Waals surface area contributed by atoms with E-state index >= 15 is 0 Å². The van der Waals surface area contributed by atoms with E-state index in [1.54, 1.807) is 12.1 Å². The maximum Gasteiger partial charge on any atom is 0.309 e. The molecule has 9 heteroatoms. The fourth-order valence-electron chi connectivity index (χ4n) is 2.95. The van der Waals surface area contributed by atoms with E-state index in [2.05, 4.69) is 0 Å². The first-order valence-corrected chi connectivity index (χ1v) is 10.3. The molecule has 0 spiro atoms. The van der Waals surface area contributed by atoms with Crippen LogP contribution in [0.2, 0.25) is 5.02 Å². The molecule has 1 aliphatic heterocycles. The van der Waals surface area contributed by atoms with E-state index in [0.717, 1.165) is 6.42 Å². The molecule has 1 saturated heterocycles. The van der Waals surface area contributed by atoms with Gasteiger partial charge < -0.3 is 9.64 Å². The molecule has 0 radical (unpaired) electrons. The smallest absolute Gasteiger partial charge is 0.309 e. The number of hydrogen-bond donors (Lipinski definition) is 0. The third-order valence-electron chi connectivity index (χ3n) is 4.80. The molecule has 1 heterocycles. The zero-order chi connectivity index (χ0) is 18.9. The van der Waals surface area contributed by atoms with E-state index in [9.17, 15) is 18.0 Å². The van der Waals surface area contributed by atoms with Crippen LogP contribution in [0.25, 0.3) is 0 Å². The van der Waals surface area contributed by atoms with Crippen molar-refractivity contribution in [3.8, 4) is 0 Å². The first-order valence-electron chi connectivity index (χ1n) is 8.50. The van der Waals surface area contributed by atoms with Crippen LogP contribution in [0.1, 0.15) is 13.3 Å². The summed E-state index contributed by atoms with van der Waals surface area (Å²) in [4.78, 5) is 25.4. The van der Waals surface area contributed by atoms with Crippen molar-refractivity contribution in [1.82, 2.24) is 9.21 Å². The minimum atomic E-state index is -3.70. The number of benzene rings is 1. The second-order valence-corrected chi connectivity index (χ2v) is 8.96. The van der Waals surface area contributed by atoms with Crippen molar-refractivity contribution >= 4 is 33.5 Å². The van der Waals surface area contributed by atoms with E-state index in [4.69, 9.17) is 16.3 Å². The van der Waals surface area contributed by atoms with Gasteiger partial charge in [0.05, 0.1) is 10.9 Å². The molecule has 1 saturated carbocycles. The van der Waals surface area contributed by atoms with Crippen LogP contribution < -0.4 is 0 Å². The zero-order valence-electron chi connectivity index (χ0n) is 14.4. The lowest BCUT2D eigenvalue weighted by molar-refractivity contribution is -0.153. The fraction of sp³-hybridized carbons (Fsp3) is 0.529. The Morgan fingerprint density at radius 1 is 1.19 bits per heavy atom. The molecule has 7 nitrogen and oxygen atoms in total. The van der Waals surface area contributed by atoms with Crippen LogP contribution in [0.3, 0.4) is 0 Å². The average Bonchev–Trinajstić information content (AvgIpc) is 3.36. The summed E-state index contributed by atoms with van der Waals surface area (Å²) in [5, 5.41) is 0.173. The average molecular weight is 401 g/mol. The number of carbonyl (C=O) groups is 2. The summed E-state index contributed by atoms with van der Waals surface area (Å²) in [6, 6.07) is 6.28. The summed E-state index contributed by atoms with van der Waals surface area (Å²) >= 11 is 6.00. The van der Waals surface area contributed by atoms with Crippen LogP contribution in [0.4, 0.5) is 0 Å². The topological polar surface area (TPSA) is 84.0 Å². The quantitative estimate of drug-likeness (QED) is 0.697. The molecule has 1 amide bonds. The van der Waals surface area contributed by atoms with Crippen molar-refractivity contribution in [2.24, 2.45) is 11.8 Å².